The van der Waals surface area contributed by atoms with Crippen molar-refractivity contribution in [2.45, 2.75) is 52.0 Å². The number of hydrogen-bond acceptors (Lipinski definition) is 8. The number of piperidine rings is 1. The van der Waals surface area contributed by atoms with Crippen molar-refractivity contribution in [3.8, 4) is 11.5 Å². The van der Waals surface area contributed by atoms with Gasteiger partial charge in [0.1, 0.15) is 0 Å². The van der Waals surface area contributed by atoms with Crippen LogP contribution in [-0.2, 0) is 24.2 Å². The van der Waals surface area contributed by atoms with Crippen LogP contribution in [-0.4, -0.2) is 47.3 Å². The first-order valence-corrected chi connectivity index (χ1v) is 13.1. The molecule has 1 amide bonds. The van der Waals surface area contributed by atoms with Crippen LogP contribution in [0.5, 0.6) is 11.5 Å². The van der Waals surface area contributed by atoms with E-state index in [9.17, 15) is 9.59 Å². The lowest BCUT2D eigenvalue weighted by molar-refractivity contribution is -0.125. The molecule has 10 heteroatoms. The predicted octanol–water partition coefficient (Wildman–Crippen LogP) is 2.97. The molecule has 1 atom stereocenters. The summed E-state index contributed by atoms with van der Waals surface area (Å²) in [5.41, 5.74) is 2.65. The number of ether oxygens (including phenoxy) is 2. The van der Waals surface area contributed by atoms with Crippen LogP contribution in [0, 0.1) is 5.92 Å². The highest BCUT2D eigenvalue weighted by atomic mass is 32.1. The van der Waals surface area contributed by atoms with E-state index in [1.165, 1.54) is 15.9 Å². The number of carbonyl (C=O) groups excluding carboxylic acids is 1. The van der Waals surface area contributed by atoms with Gasteiger partial charge in [0, 0.05) is 25.2 Å². The third-order valence-electron chi connectivity index (χ3n) is 6.73. The van der Waals surface area contributed by atoms with Crippen LogP contribution in [0.2, 0.25) is 0 Å². The Bertz CT molecular complexity index is 1290. The quantitative estimate of drug-likeness (QED) is 0.536. The highest BCUT2D eigenvalue weighted by Crippen LogP contribution is 2.29. The van der Waals surface area contributed by atoms with Gasteiger partial charge in [-0.2, -0.15) is 4.52 Å². The second kappa shape index (κ2) is 10.2. The van der Waals surface area contributed by atoms with Gasteiger partial charge in [0.25, 0.3) is 5.56 Å². The van der Waals surface area contributed by atoms with Gasteiger partial charge in [-0.1, -0.05) is 17.4 Å². The SMILES string of the molecule is CCOc1ccc(CNC(=O)[C@@H]2CCCN(c3nn4c(=O)c5c(nc4s3)CCCC5)C2)cc1OC. The molecule has 3 aromatic rings. The smallest absolute Gasteiger partial charge is 0.278 e. The van der Waals surface area contributed by atoms with Gasteiger partial charge in [0.2, 0.25) is 16.0 Å². The van der Waals surface area contributed by atoms with Gasteiger partial charge in [-0.25, -0.2) is 4.98 Å². The van der Waals surface area contributed by atoms with Crippen LogP contribution in [0.1, 0.15) is 49.4 Å². The number of rotatable bonds is 7. The van der Waals surface area contributed by atoms with Gasteiger partial charge in [-0.3, -0.25) is 9.59 Å². The average molecular weight is 498 g/mol. The lowest BCUT2D eigenvalue weighted by Gasteiger charge is -2.31. The van der Waals surface area contributed by atoms with E-state index < -0.39 is 0 Å². The van der Waals surface area contributed by atoms with Crippen molar-refractivity contribution in [3.63, 3.8) is 0 Å². The molecule has 5 rings (SSSR count). The van der Waals surface area contributed by atoms with Crippen molar-refractivity contribution in [2.24, 2.45) is 5.92 Å². The van der Waals surface area contributed by atoms with Crippen molar-refractivity contribution in [3.05, 3.63) is 45.4 Å². The summed E-state index contributed by atoms with van der Waals surface area (Å²) in [7, 11) is 1.61. The largest absolute Gasteiger partial charge is 0.493 e. The third kappa shape index (κ3) is 4.84. The van der Waals surface area contributed by atoms with Crippen LogP contribution < -0.4 is 25.2 Å². The lowest BCUT2D eigenvalue weighted by atomic mass is 9.97. The highest BCUT2D eigenvalue weighted by Gasteiger charge is 2.28. The molecule has 186 valence electrons. The van der Waals surface area contributed by atoms with Crippen molar-refractivity contribution in [2.75, 3.05) is 31.7 Å². The molecule has 1 N–H and O–H groups in total. The van der Waals surface area contributed by atoms with Gasteiger partial charge in [0.05, 0.1) is 25.3 Å². The van der Waals surface area contributed by atoms with Crippen molar-refractivity contribution >= 4 is 27.3 Å². The van der Waals surface area contributed by atoms with Gasteiger partial charge in [-0.05, 0) is 63.1 Å². The summed E-state index contributed by atoms with van der Waals surface area (Å²) in [6, 6.07) is 5.70. The van der Waals surface area contributed by atoms with Gasteiger partial charge in [0.15, 0.2) is 11.5 Å². The standard InChI is InChI=1S/C25H31N5O4S/c1-3-34-20-11-10-16(13-21(20)33-2)14-26-22(31)17-7-6-12-29(15-17)25-28-30-23(32)18-8-4-5-9-19(18)27-24(30)35-25/h10-11,13,17H,3-9,12,14-15H2,1-2H3,(H,26,31)/t17-/m1/s1. The number of benzene rings is 1. The molecular weight excluding hydrogens is 466 g/mol. The zero-order valence-electron chi connectivity index (χ0n) is 20.2. The second-order valence-electron chi connectivity index (χ2n) is 9.05. The van der Waals surface area contributed by atoms with Crippen molar-refractivity contribution in [1.29, 1.82) is 0 Å². The molecule has 0 saturated carbocycles. The number of hydrogen-bond donors (Lipinski definition) is 1. The number of aromatic nitrogens is 3. The van der Waals surface area contributed by atoms with Gasteiger partial charge < -0.3 is 19.7 Å². The Morgan fingerprint density at radius 3 is 2.91 bits per heavy atom. The molecule has 1 saturated heterocycles. The maximum Gasteiger partial charge on any atom is 0.278 e. The summed E-state index contributed by atoms with van der Waals surface area (Å²) < 4.78 is 12.4. The fourth-order valence-corrected chi connectivity index (χ4v) is 5.83. The number of nitrogens with zero attached hydrogens (tertiary/aromatic N) is 4. The van der Waals surface area contributed by atoms with Crippen LogP contribution in [0.25, 0.3) is 4.96 Å². The Hall–Kier alpha value is -3.14. The predicted molar refractivity (Wildman–Crippen MR) is 135 cm³/mol. The molecule has 1 aromatic carbocycles. The molecule has 0 unspecified atom stereocenters. The minimum absolute atomic E-state index is 0.0226. The minimum atomic E-state index is -0.141. The molecular formula is C25H31N5O4S. The Morgan fingerprint density at radius 2 is 2.09 bits per heavy atom. The molecule has 3 heterocycles. The number of nitrogens with one attached hydrogen (secondary N) is 1. The number of methoxy groups -OCH3 is 1. The summed E-state index contributed by atoms with van der Waals surface area (Å²) in [5, 5.41) is 8.43. The summed E-state index contributed by atoms with van der Waals surface area (Å²) in [4.78, 5) is 33.4. The normalized spacial score (nSPS) is 17.8. The third-order valence-corrected chi connectivity index (χ3v) is 7.70. The Morgan fingerprint density at radius 1 is 1.23 bits per heavy atom. The Labute approximate surface area is 208 Å². The van der Waals surface area contributed by atoms with Crippen LogP contribution >= 0.6 is 11.3 Å². The van der Waals surface area contributed by atoms with Crippen molar-refractivity contribution in [1.82, 2.24) is 19.9 Å². The van der Waals surface area contributed by atoms with E-state index in [-0.39, 0.29) is 17.4 Å². The average Bonchev–Trinajstić information content (AvgIpc) is 3.33. The van der Waals surface area contributed by atoms with Gasteiger partial charge >= 0.3 is 0 Å². The van der Waals surface area contributed by atoms with E-state index in [0.29, 0.717) is 36.2 Å². The van der Waals surface area contributed by atoms with E-state index in [1.807, 2.05) is 25.1 Å². The van der Waals surface area contributed by atoms with Crippen molar-refractivity contribution < 1.29 is 14.3 Å². The lowest BCUT2D eigenvalue weighted by Crippen LogP contribution is -2.43. The number of anilines is 1. The Balaban J connectivity index is 1.26. The molecule has 0 spiro atoms. The second-order valence-corrected chi connectivity index (χ2v) is 9.98. The summed E-state index contributed by atoms with van der Waals surface area (Å²) >= 11 is 1.43. The molecule has 35 heavy (non-hydrogen) atoms. The molecule has 1 aliphatic heterocycles. The summed E-state index contributed by atoms with van der Waals surface area (Å²) in [6.07, 6.45) is 5.46. The first-order valence-electron chi connectivity index (χ1n) is 12.3. The number of aryl methyl sites for hydroxylation is 1. The zero-order valence-corrected chi connectivity index (χ0v) is 21.0. The van der Waals surface area contributed by atoms with Crippen LogP contribution in [0.4, 0.5) is 5.13 Å². The molecule has 0 radical (unpaired) electrons. The Kier molecular flexibility index (Phi) is 6.90. The molecule has 1 aliphatic carbocycles. The summed E-state index contributed by atoms with van der Waals surface area (Å²) in [5.74, 6) is 1.23. The summed E-state index contributed by atoms with van der Waals surface area (Å²) in [6.45, 7) is 4.30. The number of carbonyl (C=O) groups is 1. The van der Waals surface area contributed by atoms with Crippen LogP contribution in [0.3, 0.4) is 0 Å². The van der Waals surface area contributed by atoms with E-state index in [1.54, 1.807) is 7.11 Å². The van der Waals surface area contributed by atoms with E-state index >= 15 is 0 Å². The topological polar surface area (TPSA) is 98.1 Å². The fourth-order valence-electron chi connectivity index (χ4n) is 4.89. The maximum atomic E-state index is 13.0. The molecule has 9 nitrogen and oxygen atoms in total. The monoisotopic (exact) mass is 497 g/mol. The molecule has 0 bridgehead atoms. The van der Waals surface area contributed by atoms with E-state index in [0.717, 1.165) is 67.0 Å². The number of amides is 1. The fraction of sp³-hybridized carbons (Fsp3) is 0.520. The number of fused-ring (bicyclic) bond motifs is 2. The van der Waals surface area contributed by atoms with E-state index in [4.69, 9.17) is 14.5 Å². The first kappa shape index (κ1) is 23.6. The first-order chi connectivity index (χ1) is 17.1. The maximum absolute atomic E-state index is 13.0. The molecule has 2 aromatic heterocycles. The molecule has 1 fully saturated rings. The highest BCUT2D eigenvalue weighted by molar-refractivity contribution is 7.20. The van der Waals surface area contributed by atoms with Gasteiger partial charge in [-0.15, -0.1) is 5.10 Å². The van der Waals surface area contributed by atoms with Crippen LogP contribution in [0.15, 0.2) is 23.0 Å². The molecule has 2 aliphatic rings. The van der Waals surface area contributed by atoms with E-state index in [2.05, 4.69) is 15.3 Å². The minimum Gasteiger partial charge on any atom is -0.493 e. The zero-order chi connectivity index (χ0) is 24.4.